The highest BCUT2D eigenvalue weighted by molar-refractivity contribution is 14.1. The minimum absolute atomic E-state index is 0.129. The van der Waals surface area contributed by atoms with Gasteiger partial charge in [0.15, 0.2) is 0 Å². The molecule has 2 aromatic carbocycles. The molecule has 0 aromatic heterocycles. The molecule has 0 aliphatic heterocycles. The first-order valence-corrected chi connectivity index (χ1v) is 9.16. The van der Waals surface area contributed by atoms with E-state index in [0.29, 0.717) is 17.7 Å². The van der Waals surface area contributed by atoms with Crippen LogP contribution in [0.4, 0.5) is 13.2 Å². The number of benzene rings is 2. The second kappa shape index (κ2) is 9.25. The molecule has 2 aromatic rings. The van der Waals surface area contributed by atoms with E-state index in [-0.39, 0.29) is 29.9 Å². The average Bonchev–Trinajstić information content (AvgIpc) is 2.60. The lowest BCUT2D eigenvalue weighted by Crippen LogP contribution is -2.10. The molecule has 0 heterocycles. The van der Waals surface area contributed by atoms with Crippen LogP contribution in [-0.4, -0.2) is 5.97 Å². The van der Waals surface area contributed by atoms with E-state index < -0.39 is 18.2 Å². The van der Waals surface area contributed by atoms with Gasteiger partial charge in [-0.2, -0.15) is 0 Å². The predicted octanol–water partition coefficient (Wildman–Crippen LogP) is 5.82. The number of aryl methyl sites for hydroxylation is 1. The maximum atomic E-state index is 14.0. The summed E-state index contributed by atoms with van der Waals surface area (Å²) in [6.45, 7) is 3.23. The van der Waals surface area contributed by atoms with Gasteiger partial charge in [0.1, 0.15) is 23.9 Å². The average molecular weight is 478 g/mol. The molecule has 26 heavy (non-hydrogen) atoms. The van der Waals surface area contributed by atoms with Crippen LogP contribution in [0.5, 0.6) is 11.5 Å². The topological polar surface area (TPSA) is 35.5 Å². The first kappa shape index (κ1) is 20.5. The third-order valence-electron chi connectivity index (χ3n) is 3.76. The Bertz CT molecular complexity index is 794. The molecule has 2 rings (SSSR count). The van der Waals surface area contributed by atoms with Crippen molar-refractivity contribution in [2.75, 3.05) is 0 Å². The van der Waals surface area contributed by atoms with E-state index in [1.54, 1.807) is 32.0 Å². The highest BCUT2D eigenvalue weighted by Gasteiger charge is 2.19. The Balaban J connectivity index is 2.32. The number of rotatable bonds is 7. The van der Waals surface area contributed by atoms with Crippen LogP contribution in [0.1, 0.15) is 43.4 Å². The standard InChI is InChI=1S/C19H18F3IO3/c1-3-11-8-12(19(21)22)17(9-14(11)20)25-10-13-15(23)6-5-7-16(13)26-18(24)4-2/h5-9,19H,3-4,10H2,1-2H3. The van der Waals surface area contributed by atoms with Gasteiger partial charge in [0.2, 0.25) is 0 Å². The van der Waals surface area contributed by atoms with Crippen LogP contribution in [0.3, 0.4) is 0 Å². The van der Waals surface area contributed by atoms with Crippen LogP contribution < -0.4 is 9.47 Å². The van der Waals surface area contributed by atoms with Gasteiger partial charge in [-0.15, -0.1) is 0 Å². The van der Waals surface area contributed by atoms with Crippen molar-refractivity contribution in [3.8, 4) is 11.5 Å². The smallest absolute Gasteiger partial charge is 0.310 e. The summed E-state index contributed by atoms with van der Waals surface area (Å²) in [5, 5.41) is 0. The Morgan fingerprint density at radius 1 is 1.19 bits per heavy atom. The highest BCUT2D eigenvalue weighted by Crippen LogP contribution is 2.33. The minimum Gasteiger partial charge on any atom is -0.488 e. The molecule has 0 radical (unpaired) electrons. The quantitative estimate of drug-likeness (QED) is 0.286. The van der Waals surface area contributed by atoms with Gasteiger partial charge in [-0.25, -0.2) is 13.2 Å². The maximum absolute atomic E-state index is 14.0. The molecule has 0 amide bonds. The van der Waals surface area contributed by atoms with Crippen molar-refractivity contribution in [1.29, 1.82) is 0 Å². The molecule has 0 N–H and O–H groups in total. The monoisotopic (exact) mass is 478 g/mol. The van der Waals surface area contributed by atoms with Crippen LogP contribution >= 0.6 is 22.6 Å². The molecule has 0 saturated heterocycles. The second-order valence-corrected chi connectivity index (χ2v) is 6.63. The van der Waals surface area contributed by atoms with Crippen molar-refractivity contribution < 1.29 is 27.4 Å². The number of hydrogen-bond donors (Lipinski definition) is 0. The summed E-state index contributed by atoms with van der Waals surface area (Å²) in [6.07, 6.45) is -2.28. The lowest BCUT2D eigenvalue weighted by molar-refractivity contribution is -0.134. The third-order valence-corrected chi connectivity index (χ3v) is 4.77. The summed E-state index contributed by atoms with van der Waals surface area (Å²) in [4.78, 5) is 11.6. The van der Waals surface area contributed by atoms with Gasteiger partial charge >= 0.3 is 5.97 Å². The fraction of sp³-hybridized carbons (Fsp3) is 0.316. The Hall–Kier alpha value is -1.77. The Kier molecular flexibility index (Phi) is 7.31. The predicted molar refractivity (Wildman–Crippen MR) is 100 cm³/mol. The summed E-state index contributed by atoms with van der Waals surface area (Å²) in [5.41, 5.74) is 0.385. The molecule has 3 nitrogen and oxygen atoms in total. The van der Waals surface area contributed by atoms with E-state index in [1.807, 2.05) is 22.6 Å². The molecular formula is C19H18F3IO3. The number of ether oxygens (including phenoxy) is 2. The van der Waals surface area contributed by atoms with E-state index in [2.05, 4.69) is 0 Å². The van der Waals surface area contributed by atoms with Gasteiger partial charge in [-0.05, 0) is 52.8 Å². The summed E-state index contributed by atoms with van der Waals surface area (Å²) < 4.78 is 52.1. The summed E-state index contributed by atoms with van der Waals surface area (Å²) in [6, 6.07) is 7.20. The fourth-order valence-electron chi connectivity index (χ4n) is 2.30. The Labute approximate surface area is 163 Å². The molecular weight excluding hydrogens is 460 g/mol. The largest absolute Gasteiger partial charge is 0.488 e. The zero-order valence-corrected chi connectivity index (χ0v) is 16.5. The molecule has 140 valence electrons. The lowest BCUT2D eigenvalue weighted by Gasteiger charge is -2.16. The fourth-order valence-corrected chi connectivity index (χ4v) is 2.93. The van der Waals surface area contributed by atoms with Gasteiger partial charge in [0, 0.05) is 21.6 Å². The Morgan fingerprint density at radius 3 is 2.54 bits per heavy atom. The Morgan fingerprint density at radius 2 is 1.92 bits per heavy atom. The van der Waals surface area contributed by atoms with Gasteiger partial charge in [0.05, 0.1) is 5.56 Å². The molecule has 7 heteroatoms. The zero-order valence-electron chi connectivity index (χ0n) is 14.3. The molecule has 0 fully saturated rings. The molecule has 0 aliphatic carbocycles. The normalized spacial score (nSPS) is 10.9. The number of carbonyl (C=O) groups excluding carboxylic acids is 1. The van der Waals surface area contributed by atoms with Crippen molar-refractivity contribution in [2.24, 2.45) is 0 Å². The second-order valence-electron chi connectivity index (χ2n) is 5.47. The van der Waals surface area contributed by atoms with Crippen LogP contribution in [0.15, 0.2) is 30.3 Å². The van der Waals surface area contributed by atoms with Crippen LogP contribution in [0.25, 0.3) is 0 Å². The molecule has 0 bridgehead atoms. The molecule has 0 saturated carbocycles. The lowest BCUT2D eigenvalue weighted by atomic mass is 10.1. The molecule has 0 spiro atoms. The minimum atomic E-state index is -2.79. The van der Waals surface area contributed by atoms with Crippen LogP contribution in [0.2, 0.25) is 0 Å². The summed E-state index contributed by atoms with van der Waals surface area (Å²) in [5.74, 6) is -0.928. The molecule has 0 aliphatic rings. The SMILES string of the molecule is CCC(=O)Oc1cccc(I)c1COc1cc(F)c(CC)cc1C(F)F. The van der Waals surface area contributed by atoms with E-state index >= 15 is 0 Å². The summed E-state index contributed by atoms with van der Waals surface area (Å²) >= 11 is 2.03. The maximum Gasteiger partial charge on any atom is 0.310 e. The van der Waals surface area contributed by atoms with Crippen molar-refractivity contribution in [1.82, 2.24) is 0 Å². The number of hydrogen-bond acceptors (Lipinski definition) is 3. The van der Waals surface area contributed by atoms with E-state index in [0.717, 1.165) is 15.7 Å². The van der Waals surface area contributed by atoms with Gasteiger partial charge in [0.25, 0.3) is 6.43 Å². The summed E-state index contributed by atoms with van der Waals surface area (Å²) in [7, 11) is 0. The first-order valence-electron chi connectivity index (χ1n) is 8.08. The number of alkyl halides is 2. The van der Waals surface area contributed by atoms with E-state index in [9.17, 15) is 18.0 Å². The molecule has 0 unspecified atom stereocenters. The zero-order chi connectivity index (χ0) is 19.3. The van der Waals surface area contributed by atoms with Gasteiger partial charge in [-0.1, -0.05) is 19.9 Å². The van der Waals surface area contributed by atoms with Crippen LogP contribution in [-0.2, 0) is 17.8 Å². The van der Waals surface area contributed by atoms with Crippen molar-refractivity contribution >= 4 is 28.6 Å². The third kappa shape index (κ3) is 4.90. The number of carbonyl (C=O) groups is 1. The van der Waals surface area contributed by atoms with Crippen LogP contribution in [0, 0.1) is 9.39 Å². The van der Waals surface area contributed by atoms with E-state index in [4.69, 9.17) is 9.47 Å². The highest BCUT2D eigenvalue weighted by atomic mass is 127. The number of halogens is 4. The first-order chi connectivity index (χ1) is 12.4. The molecule has 0 atom stereocenters. The van der Waals surface area contributed by atoms with E-state index in [1.165, 1.54) is 0 Å². The van der Waals surface area contributed by atoms with Crippen molar-refractivity contribution in [2.45, 2.75) is 39.7 Å². The van der Waals surface area contributed by atoms with Gasteiger partial charge < -0.3 is 9.47 Å². The van der Waals surface area contributed by atoms with Gasteiger partial charge in [-0.3, -0.25) is 4.79 Å². The number of esters is 1. The van der Waals surface area contributed by atoms with Crippen molar-refractivity contribution in [3.63, 3.8) is 0 Å². The van der Waals surface area contributed by atoms with Crippen molar-refractivity contribution in [3.05, 3.63) is 56.4 Å².